The highest BCUT2D eigenvalue weighted by Gasteiger charge is 2.45. The standard InChI is InChI=1S/C6H9NO2/c1-5-2-6(9-7-5)3-8-4-6/h2-4H2,1H3. The Balaban J connectivity index is 2.05. The van der Waals surface area contributed by atoms with E-state index in [1.807, 2.05) is 6.92 Å². The highest BCUT2D eigenvalue weighted by molar-refractivity contribution is 5.83. The first kappa shape index (κ1) is 5.23. The summed E-state index contributed by atoms with van der Waals surface area (Å²) >= 11 is 0. The van der Waals surface area contributed by atoms with E-state index in [1.165, 1.54) is 0 Å². The molecule has 1 fully saturated rings. The maximum Gasteiger partial charge on any atom is 0.189 e. The monoisotopic (exact) mass is 127 g/mol. The molecule has 0 atom stereocenters. The molecule has 1 saturated heterocycles. The zero-order chi connectivity index (χ0) is 6.32. The summed E-state index contributed by atoms with van der Waals surface area (Å²) in [5.41, 5.74) is 1.04. The third kappa shape index (κ3) is 0.645. The van der Waals surface area contributed by atoms with Gasteiger partial charge in [-0.15, -0.1) is 0 Å². The topological polar surface area (TPSA) is 30.8 Å². The summed E-state index contributed by atoms with van der Waals surface area (Å²) in [5.74, 6) is 0. The lowest BCUT2D eigenvalue weighted by Gasteiger charge is -2.34. The molecule has 9 heavy (non-hydrogen) atoms. The van der Waals surface area contributed by atoms with Crippen molar-refractivity contribution in [2.75, 3.05) is 13.2 Å². The maximum atomic E-state index is 5.15. The molecule has 1 spiro atoms. The van der Waals surface area contributed by atoms with Gasteiger partial charge in [-0.25, -0.2) is 0 Å². The van der Waals surface area contributed by atoms with Crippen LogP contribution in [0, 0.1) is 0 Å². The number of rotatable bonds is 0. The molecule has 3 nitrogen and oxygen atoms in total. The first-order valence-corrected chi connectivity index (χ1v) is 3.10. The predicted molar refractivity (Wildman–Crippen MR) is 32.4 cm³/mol. The van der Waals surface area contributed by atoms with Gasteiger partial charge in [0.25, 0.3) is 0 Å². The van der Waals surface area contributed by atoms with E-state index in [-0.39, 0.29) is 5.60 Å². The van der Waals surface area contributed by atoms with Crippen molar-refractivity contribution in [3.05, 3.63) is 0 Å². The molecule has 0 aromatic heterocycles. The Morgan fingerprint density at radius 1 is 1.56 bits per heavy atom. The summed E-state index contributed by atoms with van der Waals surface area (Å²) in [4.78, 5) is 5.15. The molecule has 0 saturated carbocycles. The zero-order valence-corrected chi connectivity index (χ0v) is 5.39. The zero-order valence-electron chi connectivity index (χ0n) is 5.39. The van der Waals surface area contributed by atoms with Gasteiger partial charge in [-0.3, -0.25) is 0 Å². The molecule has 0 N–H and O–H groups in total. The van der Waals surface area contributed by atoms with E-state index >= 15 is 0 Å². The number of hydrogen-bond acceptors (Lipinski definition) is 3. The second-order valence-corrected chi connectivity index (χ2v) is 2.77. The van der Waals surface area contributed by atoms with E-state index in [4.69, 9.17) is 9.57 Å². The molecule has 0 bridgehead atoms. The van der Waals surface area contributed by atoms with Crippen molar-refractivity contribution in [2.24, 2.45) is 5.16 Å². The van der Waals surface area contributed by atoms with Gasteiger partial charge in [0.1, 0.15) is 0 Å². The van der Waals surface area contributed by atoms with E-state index in [0.29, 0.717) is 13.2 Å². The third-order valence-electron chi connectivity index (χ3n) is 1.70. The molecule has 3 heteroatoms. The summed E-state index contributed by atoms with van der Waals surface area (Å²) in [5, 5.41) is 3.85. The second-order valence-electron chi connectivity index (χ2n) is 2.77. The fraction of sp³-hybridized carbons (Fsp3) is 0.833. The lowest BCUT2D eigenvalue weighted by atomic mass is 9.96. The van der Waals surface area contributed by atoms with E-state index in [1.54, 1.807) is 0 Å². The van der Waals surface area contributed by atoms with Gasteiger partial charge in [-0.05, 0) is 6.92 Å². The fourth-order valence-electron chi connectivity index (χ4n) is 1.19. The molecule has 0 aromatic rings. The van der Waals surface area contributed by atoms with Crippen molar-refractivity contribution < 1.29 is 9.57 Å². The van der Waals surface area contributed by atoms with Gasteiger partial charge in [0, 0.05) is 6.42 Å². The molecule has 0 aromatic carbocycles. The smallest absolute Gasteiger partial charge is 0.189 e. The SMILES string of the molecule is CC1=NOC2(COC2)C1. The number of hydrogen-bond donors (Lipinski definition) is 0. The van der Waals surface area contributed by atoms with Gasteiger partial charge in [-0.1, -0.05) is 5.16 Å². The fourth-order valence-corrected chi connectivity index (χ4v) is 1.19. The van der Waals surface area contributed by atoms with Crippen LogP contribution in [0.2, 0.25) is 0 Å². The Morgan fingerprint density at radius 2 is 2.33 bits per heavy atom. The minimum atomic E-state index is -0.0376. The van der Waals surface area contributed by atoms with Crippen molar-refractivity contribution in [2.45, 2.75) is 18.9 Å². The molecule has 0 aliphatic carbocycles. The summed E-state index contributed by atoms with van der Waals surface area (Å²) in [6, 6.07) is 0. The first-order valence-electron chi connectivity index (χ1n) is 3.10. The summed E-state index contributed by atoms with van der Waals surface area (Å²) in [7, 11) is 0. The van der Waals surface area contributed by atoms with E-state index in [0.717, 1.165) is 12.1 Å². The Kier molecular flexibility index (Phi) is 0.858. The van der Waals surface area contributed by atoms with Gasteiger partial charge in [0.15, 0.2) is 5.60 Å². The number of nitrogens with zero attached hydrogens (tertiary/aromatic N) is 1. The van der Waals surface area contributed by atoms with Gasteiger partial charge in [-0.2, -0.15) is 0 Å². The van der Waals surface area contributed by atoms with Crippen molar-refractivity contribution in [1.29, 1.82) is 0 Å². The lowest BCUT2D eigenvalue weighted by Crippen LogP contribution is -2.49. The molecule has 0 radical (unpaired) electrons. The van der Waals surface area contributed by atoms with Crippen LogP contribution in [0.5, 0.6) is 0 Å². The van der Waals surface area contributed by atoms with Gasteiger partial charge >= 0.3 is 0 Å². The van der Waals surface area contributed by atoms with Gasteiger partial charge in [0.2, 0.25) is 0 Å². The van der Waals surface area contributed by atoms with E-state index in [9.17, 15) is 0 Å². The maximum absolute atomic E-state index is 5.15. The molecular formula is C6H9NO2. The Labute approximate surface area is 53.6 Å². The average Bonchev–Trinajstić information content (AvgIpc) is 2.09. The van der Waals surface area contributed by atoms with Crippen LogP contribution in [-0.4, -0.2) is 24.5 Å². The minimum Gasteiger partial charge on any atom is -0.384 e. The van der Waals surface area contributed by atoms with Crippen molar-refractivity contribution in [1.82, 2.24) is 0 Å². The molecule has 2 aliphatic rings. The van der Waals surface area contributed by atoms with Gasteiger partial charge < -0.3 is 9.57 Å². The van der Waals surface area contributed by atoms with Crippen LogP contribution in [0.1, 0.15) is 13.3 Å². The quantitative estimate of drug-likeness (QED) is 0.475. The van der Waals surface area contributed by atoms with Crippen molar-refractivity contribution in [3.63, 3.8) is 0 Å². The Bertz CT molecular complexity index is 160. The largest absolute Gasteiger partial charge is 0.384 e. The third-order valence-corrected chi connectivity index (χ3v) is 1.70. The van der Waals surface area contributed by atoms with E-state index in [2.05, 4.69) is 5.16 Å². The summed E-state index contributed by atoms with van der Waals surface area (Å²) in [6.45, 7) is 3.41. The van der Waals surface area contributed by atoms with Crippen LogP contribution in [0.4, 0.5) is 0 Å². The molecular weight excluding hydrogens is 118 g/mol. The summed E-state index contributed by atoms with van der Waals surface area (Å²) in [6.07, 6.45) is 0.951. The Hall–Kier alpha value is -0.570. The molecule has 0 unspecified atom stereocenters. The Morgan fingerprint density at radius 3 is 2.56 bits per heavy atom. The molecule has 2 heterocycles. The predicted octanol–water partition coefficient (Wildman–Crippen LogP) is 0.552. The summed E-state index contributed by atoms with van der Waals surface area (Å²) < 4.78 is 5.01. The number of oxime groups is 1. The molecule has 50 valence electrons. The van der Waals surface area contributed by atoms with Crippen LogP contribution in [-0.2, 0) is 9.57 Å². The highest BCUT2D eigenvalue weighted by atomic mass is 16.7. The van der Waals surface area contributed by atoms with Crippen LogP contribution in [0.15, 0.2) is 5.16 Å². The van der Waals surface area contributed by atoms with Crippen LogP contribution in [0.3, 0.4) is 0 Å². The van der Waals surface area contributed by atoms with Crippen LogP contribution < -0.4 is 0 Å². The molecule has 0 amide bonds. The van der Waals surface area contributed by atoms with Gasteiger partial charge in [0.05, 0.1) is 18.9 Å². The molecule has 2 aliphatic heterocycles. The lowest BCUT2D eigenvalue weighted by molar-refractivity contribution is -0.194. The average molecular weight is 127 g/mol. The second kappa shape index (κ2) is 1.48. The van der Waals surface area contributed by atoms with Crippen molar-refractivity contribution in [3.8, 4) is 0 Å². The van der Waals surface area contributed by atoms with Crippen LogP contribution in [0.25, 0.3) is 0 Å². The number of ether oxygens (including phenoxy) is 1. The minimum absolute atomic E-state index is 0.0376. The van der Waals surface area contributed by atoms with Crippen molar-refractivity contribution >= 4 is 5.71 Å². The van der Waals surface area contributed by atoms with Crippen LogP contribution >= 0.6 is 0 Å². The normalized spacial score (nSPS) is 29.2. The van der Waals surface area contributed by atoms with E-state index < -0.39 is 0 Å². The first-order chi connectivity index (χ1) is 4.31. The molecule has 2 rings (SSSR count). The highest BCUT2D eigenvalue weighted by Crippen LogP contribution is 2.30.